The Kier molecular flexibility index (Phi) is 4.23. The Morgan fingerprint density at radius 3 is 2.69 bits per heavy atom. The van der Waals surface area contributed by atoms with E-state index in [0.717, 1.165) is 0 Å². The maximum Gasteiger partial charge on any atom is 0.289 e. The summed E-state index contributed by atoms with van der Waals surface area (Å²) in [5.41, 5.74) is 5.61. The number of ether oxygens (including phenoxy) is 1. The van der Waals surface area contributed by atoms with Crippen LogP contribution in [0.15, 0.2) is 22.7 Å². The van der Waals surface area contributed by atoms with Gasteiger partial charge in [-0.1, -0.05) is 15.9 Å². The van der Waals surface area contributed by atoms with E-state index in [4.69, 9.17) is 15.6 Å². The summed E-state index contributed by atoms with van der Waals surface area (Å²) < 4.78 is 31.8. The second kappa shape index (κ2) is 5.07. The molecule has 6 heteroatoms. The molecule has 0 aromatic heterocycles. The largest absolute Gasteiger partial charge is 0.497 e. The van der Waals surface area contributed by atoms with Crippen LogP contribution in [-0.2, 0) is 0 Å². The van der Waals surface area contributed by atoms with Crippen molar-refractivity contribution in [2.24, 2.45) is 5.73 Å². The van der Waals surface area contributed by atoms with Gasteiger partial charge in [0, 0.05) is 4.47 Å². The molecule has 1 aromatic carbocycles. The van der Waals surface area contributed by atoms with Crippen LogP contribution in [0.2, 0.25) is 0 Å². The van der Waals surface area contributed by atoms with Crippen LogP contribution in [0.25, 0.3) is 0 Å². The van der Waals surface area contributed by atoms with Gasteiger partial charge in [-0.15, -0.1) is 0 Å². The summed E-state index contributed by atoms with van der Waals surface area (Å²) in [5, 5.41) is 8.57. The molecule has 0 aliphatic rings. The number of hydrogen-bond acceptors (Lipinski definition) is 3. The first-order valence-corrected chi connectivity index (χ1v) is 5.29. The lowest BCUT2D eigenvalue weighted by Gasteiger charge is -2.23. The summed E-state index contributed by atoms with van der Waals surface area (Å²) in [6.07, 6.45) is 0. The molecule has 3 N–H and O–H groups in total. The highest BCUT2D eigenvalue weighted by molar-refractivity contribution is 9.10. The second-order valence-electron chi connectivity index (χ2n) is 3.28. The van der Waals surface area contributed by atoms with E-state index in [-0.39, 0.29) is 5.56 Å². The van der Waals surface area contributed by atoms with Gasteiger partial charge < -0.3 is 15.6 Å². The van der Waals surface area contributed by atoms with Crippen molar-refractivity contribution in [2.45, 2.75) is 12.0 Å². The minimum absolute atomic E-state index is 0.193. The Bertz CT molecular complexity index is 374. The maximum absolute atomic E-state index is 13.2. The molecule has 1 rings (SSSR count). The highest BCUT2D eigenvalue weighted by atomic mass is 79.9. The van der Waals surface area contributed by atoms with Crippen molar-refractivity contribution in [2.75, 3.05) is 13.7 Å². The number of halogens is 3. The lowest BCUT2D eigenvalue weighted by Crippen LogP contribution is -2.36. The van der Waals surface area contributed by atoms with Crippen LogP contribution in [-0.4, -0.2) is 24.7 Å². The van der Waals surface area contributed by atoms with Crippen molar-refractivity contribution in [3.8, 4) is 5.75 Å². The van der Waals surface area contributed by atoms with Gasteiger partial charge in [-0.25, -0.2) is 8.78 Å². The molecule has 0 heterocycles. The number of benzene rings is 1. The van der Waals surface area contributed by atoms with Gasteiger partial charge in [0.1, 0.15) is 12.4 Å². The minimum atomic E-state index is -3.37. The summed E-state index contributed by atoms with van der Waals surface area (Å²) >= 11 is 3.13. The lowest BCUT2D eigenvalue weighted by atomic mass is 10.0. The lowest BCUT2D eigenvalue weighted by molar-refractivity contribution is -0.0713. The van der Waals surface area contributed by atoms with E-state index in [1.54, 1.807) is 12.1 Å². The van der Waals surface area contributed by atoms with Crippen LogP contribution < -0.4 is 10.5 Å². The van der Waals surface area contributed by atoms with Crippen molar-refractivity contribution in [1.82, 2.24) is 0 Å². The number of hydrogen-bond donors (Lipinski definition) is 2. The standard InChI is InChI=1S/C10H12BrF2NO2/c1-16-6-2-3-8(11)7(4-6)9(14)10(12,13)5-15/h2-4,9,15H,5,14H2,1H3/t9-/m1/s1. The van der Waals surface area contributed by atoms with E-state index in [0.29, 0.717) is 10.2 Å². The zero-order valence-corrected chi connectivity index (χ0v) is 10.2. The van der Waals surface area contributed by atoms with E-state index in [1.807, 2.05) is 0 Å². The van der Waals surface area contributed by atoms with Gasteiger partial charge in [-0.05, 0) is 23.8 Å². The molecular weight excluding hydrogens is 284 g/mol. The monoisotopic (exact) mass is 295 g/mol. The number of nitrogens with two attached hydrogens (primary N) is 1. The van der Waals surface area contributed by atoms with Crippen LogP contribution in [0.1, 0.15) is 11.6 Å². The van der Waals surface area contributed by atoms with Gasteiger partial charge in [0.25, 0.3) is 5.92 Å². The van der Waals surface area contributed by atoms with Gasteiger partial charge in [0.2, 0.25) is 0 Å². The topological polar surface area (TPSA) is 55.5 Å². The molecule has 1 atom stereocenters. The Labute approximate surface area is 100 Å². The summed E-state index contributed by atoms with van der Waals surface area (Å²) in [4.78, 5) is 0. The third-order valence-electron chi connectivity index (χ3n) is 2.20. The normalized spacial score (nSPS) is 13.6. The van der Waals surface area contributed by atoms with Crippen molar-refractivity contribution >= 4 is 15.9 Å². The molecule has 0 spiro atoms. The van der Waals surface area contributed by atoms with E-state index < -0.39 is 18.6 Å². The molecule has 0 aliphatic carbocycles. The molecule has 0 bridgehead atoms. The molecule has 0 radical (unpaired) electrons. The zero-order chi connectivity index (χ0) is 12.3. The number of aliphatic hydroxyl groups is 1. The number of alkyl halides is 2. The van der Waals surface area contributed by atoms with Crippen molar-refractivity contribution in [1.29, 1.82) is 0 Å². The Morgan fingerprint density at radius 1 is 1.56 bits per heavy atom. The summed E-state index contributed by atoms with van der Waals surface area (Å²) in [6, 6.07) is 3.03. The summed E-state index contributed by atoms with van der Waals surface area (Å²) in [7, 11) is 1.43. The highest BCUT2D eigenvalue weighted by Crippen LogP contribution is 2.34. The molecule has 16 heavy (non-hydrogen) atoms. The SMILES string of the molecule is COc1ccc(Br)c([C@@H](N)C(F)(F)CO)c1. The predicted octanol–water partition coefficient (Wildman–Crippen LogP) is 2.09. The molecule has 0 saturated carbocycles. The quantitative estimate of drug-likeness (QED) is 0.894. The molecule has 0 aliphatic heterocycles. The van der Waals surface area contributed by atoms with E-state index in [2.05, 4.69) is 15.9 Å². The van der Waals surface area contributed by atoms with E-state index >= 15 is 0 Å². The van der Waals surface area contributed by atoms with Crippen LogP contribution >= 0.6 is 15.9 Å². The fourth-order valence-electron chi connectivity index (χ4n) is 1.21. The van der Waals surface area contributed by atoms with Crippen molar-refractivity contribution in [3.63, 3.8) is 0 Å². The first kappa shape index (κ1) is 13.3. The Morgan fingerprint density at radius 2 is 2.19 bits per heavy atom. The fourth-order valence-corrected chi connectivity index (χ4v) is 1.71. The van der Waals surface area contributed by atoms with Gasteiger partial charge in [-0.3, -0.25) is 0 Å². The van der Waals surface area contributed by atoms with Gasteiger partial charge >= 0.3 is 0 Å². The van der Waals surface area contributed by atoms with Crippen molar-refractivity contribution in [3.05, 3.63) is 28.2 Å². The minimum Gasteiger partial charge on any atom is -0.497 e. The first-order valence-electron chi connectivity index (χ1n) is 4.50. The third-order valence-corrected chi connectivity index (χ3v) is 2.93. The smallest absolute Gasteiger partial charge is 0.289 e. The van der Waals surface area contributed by atoms with Crippen LogP contribution in [0, 0.1) is 0 Å². The van der Waals surface area contributed by atoms with Gasteiger partial charge in [-0.2, -0.15) is 0 Å². The predicted molar refractivity (Wildman–Crippen MR) is 59.7 cm³/mol. The highest BCUT2D eigenvalue weighted by Gasteiger charge is 2.38. The average molecular weight is 296 g/mol. The summed E-state index contributed by atoms with van der Waals surface area (Å²) in [6.45, 7) is -1.29. The third kappa shape index (κ3) is 2.69. The fraction of sp³-hybridized carbons (Fsp3) is 0.400. The van der Waals surface area contributed by atoms with Crippen molar-refractivity contribution < 1.29 is 18.6 Å². The zero-order valence-electron chi connectivity index (χ0n) is 8.58. The number of rotatable bonds is 4. The summed E-state index contributed by atoms with van der Waals surface area (Å²) in [5.74, 6) is -2.93. The molecule has 0 amide bonds. The molecule has 3 nitrogen and oxygen atoms in total. The maximum atomic E-state index is 13.2. The molecule has 0 fully saturated rings. The van der Waals surface area contributed by atoms with E-state index in [1.165, 1.54) is 13.2 Å². The second-order valence-corrected chi connectivity index (χ2v) is 4.14. The van der Waals surface area contributed by atoms with E-state index in [9.17, 15) is 8.78 Å². The van der Waals surface area contributed by atoms with Crippen LogP contribution in [0.4, 0.5) is 8.78 Å². The first-order chi connectivity index (χ1) is 7.42. The van der Waals surface area contributed by atoms with Crippen LogP contribution in [0.5, 0.6) is 5.75 Å². The molecule has 0 saturated heterocycles. The molecule has 90 valence electrons. The van der Waals surface area contributed by atoms with Crippen LogP contribution in [0.3, 0.4) is 0 Å². The van der Waals surface area contributed by atoms with Gasteiger partial charge in [0.15, 0.2) is 0 Å². The Hall–Kier alpha value is -0.720. The number of methoxy groups -OCH3 is 1. The molecule has 1 aromatic rings. The molecular formula is C10H12BrF2NO2. The number of aliphatic hydroxyl groups excluding tert-OH is 1. The average Bonchev–Trinajstić information content (AvgIpc) is 2.29. The Balaban J connectivity index is 3.11. The van der Waals surface area contributed by atoms with Gasteiger partial charge in [0.05, 0.1) is 13.2 Å². The molecule has 0 unspecified atom stereocenters.